The monoisotopic (exact) mass is 360 g/mol. The maximum absolute atomic E-state index is 11.3. The molecule has 6 nitrogen and oxygen atoms in total. The molecular weight excluding hydrogens is 324 g/mol. The number of nitrogens with zero attached hydrogens (tertiary/aromatic N) is 2. The minimum atomic E-state index is -2.91. The van der Waals surface area contributed by atoms with Gasteiger partial charge in [0.05, 0.1) is 5.75 Å². The van der Waals surface area contributed by atoms with Crippen LogP contribution >= 0.6 is 0 Å². The third-order valence-corrected chi connectivity index (χ3v) is 5.27. The molecule has 1 aliphatic rings. The normalized spacial score (nSPS) is 21.5. The highest BCUT2D eigenvalue weighted by Crippen LogP contribution is 2.15. The van der Waals surface area contributed by atoms with E-state index in [1.54, 1.807) is 0 Å². The molecule has 0 aromatic carbocycles. The highest BCUT2D eigenvalue weighted by Gasteiger charge is 2.15. The van der Waals surface area contributed by atoms with Crippen LogP contribution in [0.1, 0.15) is 46.5 Å². The predicted molar refractivity (Wildman–Crippen MR) is 102 cm³/mol. The third kappa shape index (κ3) is 10.1. The third-order valence-electron chi connectivity index (χ3n) is 4.29. The van der Waals surface area contributed by atoms with Crippen molar-refractivity contribution in [2.75, 3.05) is 44.7 Å². The molecule has 2 atom stereocenters. The van der Waals surface area contributed by atoms with Crippen molar-refractivity contribution < 1.29 is 8.42 Å². The Morgan fingerprint density at radius 3 is 2.79 bits per heavy atom. The van der Waals surface area contributed by atoms with Crippen LogP contribution in [0, 0.1) is 5.92 Å². The molecule has 7 heteroatoms. The zero-order chi connectivity index (χ0) is 18.0. The minimum Gasteiger partial charge on any atom is -0.357 e. The Hall–Kier alpha value is -0.820. The molecule has 0 spiro atoms. The number of piperidine rings is 1. The second-order valence-corrected chi connectivity index (χ2v) is 9.39. The summed E-state index contributed by atoms with van der Waals surface area (Å²) in [6.45, 7) is 11.5. The molecule has 0 aliphatic carbocycles. The van der Waals surface area contributed by atoms with Crippen LogP contribution < -0.4 is 10.6 Å². The zero-order valence-corrected chi connectivity index (χ0v) is 16.7. The van der Waals surface area contributed by atoms with Gasteiger partial charge in [-0.25, -0.2) is 8.42 Å². The molecule has 2 unspecified atom stereocenters. The Balaban J connectivity index is 2.33. The predicted octanol–water partition coefficient (Wildman–Crippen LogP) is 1.49. The summed E-state index contributed by atoms with van der Waals surface area (Å²) in [4.78, 5) is 7.16. The minimum absolute atomic E-state index is 0.0838. The maximum Gasteiger partial charge on any atom is 0.191 e. The molecule has 0 radical (unpaired) electrons. The van der Waals surface area contributed by atoms with E-state index < -0.39 is 9.84 Å². The first-order valence-electron chi connectivity index (χ1n) is 9.25. The standard InChI is InChI=1S/C17H36N4O2S/c1-5-18-17(20-16(3)9-13-24(4,22)23)19-10-7-12-21-11-6-8-15(2)14-21/h15-16H,5-14H2,1-4H3,(H2,18,19,20). The van der Waals surface area contributed by atoms with Gasteiger partial charge in [0.1, 0.15) is 9.84 Å². The summed E-state index contributed by atoms with van der Waals surface area (Å²) in [6.07, 6.45) is 5.59. The lowest BCUT2D eigenvalue weighted by molar-refractivity contribution is 0.183. The van der Waals surface area contributed by atoms with Gasteiger partial charge in [-0.05, 0) is 58.5 Å². The van der Waals surface area contributed by atoms with Crippen molar-refractivity contribution >= 4 is 15.8 Å². The summed E-state index contributed by atoms with van der Waals surface area (Å²) < 4.78 is 22.5. The SMILES string of the molecule is CCNC(=NCCCN1CCCC(C)C1)NC(C)CCS(C)(=O)=O. The van der Waals surface area contributed by atoms with Crippen molar-refractivity contribution in [2.45, 2.75) is 52.5 Å². The van der Waals surface area contributed by atoms with Gasteiger partial charge in [0.2, 0.25) is 0 Å². The molecule has 0 bridgehead atoms. The largest absolute Gasteiger partial charge is 0.357 e. The lowest BCUT2D eigenvalue weighted by Gasteiger charge is -2.30. The van der Waals surface area contributed by atoms with Gasteiger partial charge < -0.3 is 15.5 Å². The number of rotatable bonds is 9. The number of aliphatic imine (C=N–C) groups is 1. The van der Waals surface area contributed by atoms with E-state index in [-0.39, 0.29) is 11.8 Å². The molecule has 0 aromatic heterocycles. The van der Waals surface area contributed by atoms with Crippen LogP contribution in [0.2, 0.25) is 0 Å². The van der Waals surface area contributed by atoms with Crippen LogP contribution in [-0.4, -0.2) is 70.1 Å². The first-order chi connectivity index (χ1) is 11.3. The number of hydrogen-bond donors (Lipinski definition) is 2. The van der Waals surface area contributed by atoms with Crippen LogP contribution in [0.3, 0.4) is 0 Å². The van der Waals surface area contributed by atoms with Crippen molar-refractivity contribution in [3.05, 3.63) is 0 Å². The van der Waals surface area contributed by atoms with Crippen LogP contribution in [0.15, 0.2) is 4.99 Å². The summed E-state index contributed by atoms with van der Waals surface area (Å²) in [5.41, 5.74) is 0. The van der Waals surface area contributed by atoms with Gasteiger partial charge in [-0.3, -0.25) is 4.99 Å². The van der Waals surface area contributed by atoms with Crippen molar-refractivity contribution in [3.8, 4) is 0 Å². The van der Waals surface area contributed by atoms with E-state index in [0.29, 0.717) is 6.42 Å². The second-order valence-electron chi connectivity index (χ2n) is 7.13. The highest BCUT2D eigenvalue weighted by molar-refractivity contribution is 7.90. The van der Waals surface area contributed by atoms with Crippen LogP contribution in [0.4, 0.5) is 0 Å². The van der Waals surface area contributed by atoms with Crippen LogP contribution in [-0.2, 0) is 9.84 Å². The number of guanidine groups is 1. The zero-order valence-electron chi connectivity index (χ0n) is 15.8. The molecule has 1 saturated heterocycles. The fourth-order valence-corrected chi connectivity index (χ4v) is 3.77. The molecule has 1 rings (SSSR count). The average Bonchev–Trinajstić information content (AvgIpc) is 2.49. The summed E-state index contributed by atoms with van der Waals surface area (Å²) in [5.74, 6) is 1.80. The van der Waals surface area contributed by atoms with E-state index in [4.69, 9.17) is 0 Å². The number of sulfone groups is 1. The van der Waals surface area contributed by atoms with Gasteiger partial charge >= 0.3 is 0 Å². The van der Waals surface area contributed by atoms with E-state index in [2.05, 4.69) is 27.4 Å². The molecular formula is C17H36N4O2S. The average molecular weight is 361 g/mol. The highest BCUT2D eigenvalue weighted by atomic mass is 32.2. The summed E-state index contributed by atoms with van der Waals surface area (Å²) in [6, 6.07) is 0.0838. The summed E-state index contributed by atoms with van der Waals surface area (Å²) in [7, 11) is -2.91. The van der Waals surface area contributed by atoms with Gasteiger partial charge in [0.15, 0.2) is 5.96 Å². The Kier molecular flexibility index (Phi) is 9.66. The number of hydrogen-bond acceptors (Lipinski definition) is 4. The first-order valence-corrected chi connectivity index (χ1v) is 11.3. The second kappa shape index (κ2) is 10.9. The quantitative estimate of drug-likeness (QED) is 0.370. The first kappa shape index (κ1) is 21.2. The number of nitrogens with one attached hydrogen (secondary N) is 2. The Morgan fingerprint density at radius 2 is 2.17 bits per heavy atom. The van der Waals surface area contributed by atoms with Crippen molar-refractivity contribution in [2.24, 2.45) is 10.9 Å². The molecule has 24 heavy (non-hydrogen) atoms. The molecule has 1 aliphatic heterocycles. The number of likely N-dealkylation sites (tertiary alicyclic amines) is 1. The van der Waals surface area contributed by atoms with E-state index in [1.165, 1.54) is 32.2 Å². The van der Waals surface area contributed by atoms with Gasteiger partial charge in [0, 0.05) is 31.9 Å². The Labute approximate surface area is 148 Å². The fourth-order valence-electron chi connectivity index (χ4n) is 2.99. The molecule has 1 heterocycles. The molecule has 0 amide bonds. The van der Waals surface area contributed by atoms with Crippen molar-refractivity contribution in [1.29, 1.82) is 0 Å². The van der Waals surface area contributed by atoms with E-state index in [1.807, 2.05) is 13.8 Å². The summed E-state index contributed by atoms with van der Waals surface area (Å²) in [5, 5.41) is 6.53. The van der Waals surface area contributed by atoms with Gasteiger partial charge in [0.25, 0.3) is 0 Å². The van der Waals surface area contributed by atoms with Gasteiger partial charge in [-0.15, -0.1) is 0 Å². The molecule has 1 fully saturated rings. The molecule has 0 aromatic rings. The van der Waals surface area contributed by atoms with E-state index in [0.717, 1.165) is 37.9 Å². The maximum atomic E-state index is 11.3. The van der Waals surface area contributed by atoms with Crippen LogP contribution in [0.25, 0.3) is 0 Å². The van der Waals surface area contributed by atoms with Gasteiger partial charge in [-0.1, -0.05) is 6.92 Å². The van der Waals surface area contributed by atoms with E-state index >= 15 is 0 Å². The summed E-state index contributed by atoms with van der Waals surface area (Å²) >= 11 is 0. The smallest absolute Gasteiger partial charge is 0.191 e. The lowest BCUT2D eigenvalue weighted by Crippen LogP contribution is -2.43. The Morgan fingerprint density at radius 1 is 1.42 bits per heavy atom. The Bertz CT molecular complexity index is 479. The fraction of sp³-hybridized carbons (Fsp3) is 0.941. The van der Waals surface area contributed by atoms with Crippen molar-refractivity contribution in [3.63, 3.8) is 0 Å². The molecule has 142 valence electrons. The van der Waals surface area contributed by atoms with Crippen molar-refractivity contribution in [1.82, 2.24) is 15.5 Å². The molecule has 2 N–H and O–H groups in total. The molecule has 0 saturated carbocycles. The van der Waals surface area contributed by atoms with Gasteiger partial charge in [-0.2, -0.15) is 0 Å². The van der Waals surface area contributed by atoms with Crippen LogP contribution in [0.5, 0.6) is 0 Å². The van der Waals surface area contributed by atoms with E-state index in [9.17, 15) is 8.42 Å². The topological polar surface area (TPSA) is 73.8 Å². The lowest BCUT2D eigenvalue weighted by atomic mass is 10.0.